The van der Waals surface area contributed by atoms with Crippen LogP contribution in [-0.2, 0) is 16.0 Å². The number of halogens is 11. The molecule has 0 saturated carbocycles. The average molecular weight is 603 g/mol. The van der Waals surface area contributed by atoms with E-state index in [4.69, 9.17) is 46.4 Å². The number of hydrogen-bond donors (Lipinski definition) is 0. The van der Waals surface area contributed by atoms with Crippen LogP contribution in [0.4, 0.5) is 27.6 Å². The predicted molar refractivity (Wildman–Crippen MR) is 103 cm³/mol. The summed E-state index contributed by atoms with van der Waals surface area (Å²) in [6.45, 7) is 0. The highest BCUT2D eigenvalue weighted by atomic mass is 79.9. The van der Waals surface area contributed by atoms with E-state index in [1.165, 1.54) is 6.07 Å². The maximum absolute atomic E-state index is 13.5. The average Bonchev–Trinajstić information content (AvgIpc) is 2.71. The van der Waals surface area contributed by atoms with Gasteiger partial charge in [-0.25, -0.2) is 8.42 Å². The minimum absolute atomic E-state index is 0.432. The Kier molecular flexibility index (Phi) is 6.67. The van der Waals surface area contributed by atoms with Crippen molar-refractivity contribution in [3.63, 3.8) is 0 Å². The summed E-state index contributed by atoms with van der Waals surface area (Å²) in [4.78, 5) is -2.54. The van der Waals surface area contributed by atoms with Gasteiger partial charge in [0.05, 0.1) is 32.9 Å². The minimum atomic E-state index is -5.79. The molecule has 0 radical (unpaired) electrons. The van der Waals surface area contributed by atoms with Crippen molar-refractivity contribution in [1.29, 1.82) is 5.26 Å². The summed E-state index contributed by atoms with van der Waals surface area (Å²) in [5.41, 5.74) is -2.71. The predicted octanol–water partition coefficient (Wildman–Crippen LogP) is 6.67. The van der Waals surface area contributed by atoms with Gasteiger partial charge in [-0.15, -0.1) is 0 Å². The highest BCUT2D eigenvalue weighted by Crippen LogP contribution is 2.56. The lowest BCUT2D eigenvalue weighted by Crippen LogP contribution is -2.43. The van der Waals surface area contributed by atoms with Gasteiger partial charge in [-0.3, -0.25) is 0 Å². The molecule has 1 unspecified atom stereocenters. The number of sulfone groups is 1. The molecule has 1 aliphatic rings. The second-order valence-corrected chi connectivity index (χ2v) is 10.9. The minimum Gasteiger partial charge on any atom is -0.316 e. The number of hydrogen-bond acceptors (Lipinski definition) is 4. The molecule has 0 saturated heterocycles. The van der Waals surface area contributed by atoms with E-state index in [1.807, 2.05) is 0 Å². The molecule has 2 rings (SSSR count). The Balaban J connectivity index is 2.79. The monoisotopic (exact) mass is 600 g/mol. The van der Waals surface area contributed by atoms with Gasteiger partial charge in [0.2, 0.25) is 4.46 Å². The second kappa shape index (κ2) is 7.73. The third-order valence-corrected chi connectivity index (χ3v) is 8.25. The van der Waals surface area contributed by atoms with Gasteiger partial charge in [-0.05, 0) is 23.7 Å². The first-order chi connectivity index (χ1) is 12.9. The van der Waals surface area contributed by atoms with Crippen LogP contribution in [0.5, 0.6) is 0 Å². The molecular formula is C13H3BrCl5F5N2O2S. The normalized spacial score (nSPS) is 20.2. The number of benzene rings is 1. The first-order valence-corrected chi connectivity index (χ1v) is 11.0. The Hall–Kier alpha value is -0.220. The van der Waals surface area contributed by atoms with Crippen LogP contribution in [0.2, 0.25) is 10.0 Å². The standard InChI is InChI=1S/C13H3BrCl5F5N2O2S/c14-10-5(3-25)9(29(27,28)13(19,23)24)11(17,18)26(10)8-6(15)1-4(2-7(8)16)12(20,21)22/h1-2,10H. The summed E-state index contributed by atoms with van der Waals surface area (Å²) < 4.78 is 82.4. The SMILES string of the molecule is N#CC1=C(S(=O)(=O)C(F)(F)Cl)C(Cl)(Cl)N(c2c(Cl)cc(C(F)(F)F)cc2Cl)C1Br. The van der Waals surface area contributed by atoms with Crippen molar-refractivity contribution in [1.82, 2.24) is 0 Å². The maximum atomic E-state index is 13.5. The molecule has 29 heavy (non-hydrogen) atoms. The summed E-state index contributed by atoms with van der Waals surface area (Å²) in [5, 5.41) is 7.87. The third-order valence-electron chi connectivity index (χ3n) is 3.56. The molecule has 4 nitrogen and oxygen atoms in total. The lowest BCUT2D eigenvalue weighted by atomic mass is 10.2. The van der Waals surface area contributed by atoms with Crippen LogP contribution in [0, 0.1) is 11.3 Å². The first-order valence-electron chi connectivity index (χ1n) is 6.72. The largest absolute Gasteiger partial charge is 0.426 e. The summed E-state index contributed by atoms with van der Waals surface area (Å²) in [6.07, 6.45) is -4.84. The van der Waals surface area contributed by atoms with Crippen molar-refractivity contribution in [3.8, 4) is 6.07 Å². The Morgan fingerprint density at radius 3 is 1.93 bits per heavy atom. The van der Waals surface area contributed by atoms with Crippen molar-refractivity contribution < 1.29 is 30.4 Å². The zero-order chi connectivity index (χ0) is 22.7. The molecule has 1 atom stereocenters. The molecule has 1 heterocycles. The van der Waals surface area contributed by atoms with Crippen molar-refractivity contribution in [2.45, 2.75) is 20.3 Å². The highest BCUT2D eigenvalue weighted by Gasteiger charge is 2.61. The highest BCUT2D eigenvalue weighted by molar-refractivity contribution is 9.09. The van der Waals surface area contributed by atoms with Crippen molar-refractivity contribution >= 4 is 89.5 Å². The van der Waals surface area contributed by atoms with Crippen LogP contribution >= 0.6 is 73.9 Å². The van der Waals surface area contributed by atoms with E-state index < -0.39 is 61.9 Å². The molecule has 0 spiro atoms. The van der Waals surface area contributed by atoms with Gasteiger partial charge in [0, 0.05) is 0 Å². The lowest BCUT2D eigenvalue weighted by Gasteiger charge is -2.35. The maximum Gasteiger partial charge on any atom is 0.426 e. The van der Waals surface area contributed by atoms with Crippen LogP contribution < -0.4 is 4.90 Å². The van der Waals surface area contributed by atoms with Crippen LogP contribution in [0.15, 0.2) is 22.6 Å². The molecule has 0 fully saturated rings. The van der Waals surface area contributed by atoms with Gasteiger partial charge < -0.3 is 4.90 Å². The summed E-state index contributed by atoms with van der Waals surface area (Å²) in [7, 11) is -5.79. The van der Waals surface area contributed by atoms with E-state index in [9.17, 15) is 35.6 Å². The van der Waals surface area contributed by atoms with E-state index in [0.29, 0.717) is 17.0 Å². The van der Waals surface area contributed by atoms with Gasteiger partial charge in [0.25, 0.3) is 9.84 Å². The van der Waals surface area contributed by atoms with E-state index >= 15 is 0 Å². The number of alkyl halides is 9. The summed E-state index contributed by atoms with van der Waals surface area (Å²) in [6, 6.07) is 2.22. The number of nitrogens with zero attached hydrogens (tertiary/aromatic N) is 2. The molecule has 1 aromatic carbocycles. The molecule has 1 aromatic rings. The van der Waals surface area contributed by atoms with Gasteiger partial charge >= 0.3 is 10.9 Å². The zero-order valence-corrected chi connectivity index (χ0v) is 19.2. The van der Waals surface area contributed by atoms with Crippen molar-refractivity contribution in [3.05, 3.63) is 38.2 Å². The number of rotatable bonds is 3. The molecule has 16 heteroatoms. The second-order valence-electron chi connectivity index (χ2n) is 5.34. The number of nitriles is 1. The van der Waals surface area contributed by atoms with Gasteiger partial charge in [-0.1, -0.05) is 62.3 Å². The Bertz CT molecular complexity index is 1030. The fourth-order valence-electron chi connectivity index (χ4n) is 2.39. The molecule has 1 aliphatic heterocycles. The fourth-order valence-corrected chi connectivity index (χ4v) is 6.80. The van der Waals surface area contributed by atoms with E-state index in [1.54, 1.807) is 0 Å². The van der Waals surface area contributed by atoms with Gasteiger partial charge in [-0.2, -0.15) is 27.2 Å². The first kappa shape index (κ1) is 25.0. The van der Waals surface area contributed by atoms with E-state index in [0.717, 1.165) is 0 Å². The fraction of sp³-hybridized carbons (Fsp3) is 0.308. The summed E-state index contributed by atoms with van der Waals surface area (Å²) >= 11 is 31.2. The third kappa shape index (κ3) is 4.14. The molecule has 0 aromatic heterocycles. The van der Waals surface area contributed by atoms with Crippen LogP contribution in [0.25, 0.3) is 0 Å². The molecule has 0 aliphatic carbocycles. The molecular weight excluding hydrogens is 600 g/mol. The van der Waals surface area contributed by atoms with E-state index in [-0.39, 0.29) is 0 Å². The topological polar surface area (TPSA) is 61.2 Å². The molecule has 160 valence electrons. The zero-order valence-electron chi connectivity index (χ0n) is 13.0. The Morgan fingerprint density at radius 1 is 1.14 bits per heavy atom. The van der Waals surface area contributed by atoms with Crippen LogP contribution in [0.3, 0.4) is 0 Å². The van der Waals surface area contributed by atoms with Gasteiger partial charge in [0.1, 0.15) is 9.86 Å². The lowest BCUT2D eigenvalue weighted by molar-refractivity contribution is -0.137. The quantitative estimate of drug-likeness (QED) is 0.220. The van der Waals surface area contributed by atoms with Crippen molar-refractivity contribution in [2.24, 2.45) is 0 Å². The molecule has 0 N–H and O–H groups in total. The van der Waals surface area contributed by atoms with E-state index in [2.05, 4.69) is 27.5 Å². The molecule has 0 bridgehead atoms. The Morgan fingerprint density at radius 2 is 1.59 bits per heavy atom. The van der Waals surface area contributed by atoms with Gasteiger partial charge in [0.15, 0.2) is 0 Å². The van der Waals surface area contributed by atoms with Crippen molar-refractivity contribution in [2.75, 3.05) is 4.90 Å². The Labute approximate surface area is 193 Å². The van der Waals surface area contributed by atoms with Crippen LogP contribution in [-0.4, -0.2) is 22.5 Å². The number of anilines is 1. The smallest absolute Gasteiger partial charge is 0.316 e. The van der Waals surface area contributed by atoms with Crippen LogP contribution in [0.1, 0.15) is 5.56 Å². The summed E-state index contributed by atoms with van der Waals surface area (Å²) in [5.74, 6) is 0. The molecule has 0 amide bonds.